The average Bonchev–Trinajstić information content (AvgIpc) is 2.45. The van der Waals surface area contributed by atoms with Crippen LogP contribution in [0.25, 0.3) is 0 Å². The topological polar surface area (TPSA) is 18.5 Å². The molecule has 0 aliphatic carbocycles. The number of alkyl halides is 1. The Morgan fingerprint density at radius 1 is 0.952 bits per heavy atom. The summed E-state index contributed by atoms with van der Waals surface area (Å²) in [6, 6.07) is 10.1. The van der Waals surface area contributed by atoms with Gasteiger partial charge in [0, 0.05) is 4.47 Å². The lowest BCUT2D eigenvalue weighted by molar-refractivity contribution is 0.354. The summed E-state index contributed by atoms with van der Waals surface area (Å²) in [5.41, 5.74) is 4.32. The van der Waals surface area contributed by atoms with E-state index < -0.39 is 0 Å². The fourth-order valence-corrected chi connectivity index (χ4v) is 3.35. The summed E-state index contributed by atoms with van der Waals surface area (Å²) in [6.45, 7) is 4.08. The van der Waals surface area contributed by atoms with E-state index in [4.69, 9.17) is 21.1 Å². The van der Waals surface area contributed by atoms with Gasteiger partial charge < -0.3 is 9.47 Å². The molecule has 112 valence electrons. The minimum atomic E-state index is -0.235. The van der Waals surface area contributed by atoms with Crippen LogP contribution in [0.3, 0.4) is 0 Å². The van der Waals surface area contributed by atoms with E-state index in [1.54, 1.807) is 14.2 Å². The zero-order valence-electron chi connectivity index (χ0n) is 12.5. The molecule has 0 radical (unpaired) electrons. The van der Waals surface area contributed by atoms with E-state index >= 15 is 0 Å². The second-order valence-electron chi connectivity index (χ2n) is 4.99. The molecule has 1 atom stereocenters. The van der Waals surface area contributed by atoms with Crippen LogP contribution in [-0.2, 0) is 0 Å². The number of aryl methyl sites for hydroxylation is 2. The second kappa shape index (κ2) is 6.71. The maximum Gasteiger partial charge on any atom is 0.161 e. The Kier molecular flexibility index (Phi) is 5.17. The first-order valence-corrected chi connectivity index (χ1v) is 7.83. The van der Waals surface area contributed by atoms with Crippen LogP contribution in [0, 0.1) is 13.8 Å². The smallest absolute Gasteiger partial charge is 0.161 e. The molecule has 0 saturated carbocycles. The molecule has 21 heavy (non-hydrogen) atoms. The van der Waals surface area contributed by atoms with Gasteiger partial charge in [-0.3, -0.25) is 0 Å². The molecule has 0 bridgehead atoms. The lowest BCUT2D eigenvalue weighted by Crippen LogP contribution is -2.00. The second-order valence-corrected chi connectivity index (χ2v) is 6.34. The van der Waals surface area contributed by atoms with E-state index in [1.807, 2.05) is 25.1 Å². The predicted octanol–water partition coefficient (Wildman–Crippen LogP) is 5.41. The fraction of sp³-hybridized carbons (Fsp3) is 0.294. The molecule has 0 amide bonds. The van der Waals surface area contributed by atoms with E-state index in [-0.39, 0.29) is 5.38 Å². The molecule has 2 aromatic rings. The molecular weight excluding hydrogens is 352 g/mol. The number of rotatable bonds is 4. The van der Waals surface area contributed by atoms with E-state index in [0.717, 1.165) is 21.2 Å². The lowest BCUT2D eigenvalue weighted by Gasteiger charge is -2.17. The normalized spacial score (nSPS) is 12.1. The maximum absolute atomic E-state index is 6.69. The zero-order valence-corrected chi connectivity index (χ0v) is 14.9. The number of benzene rings is 2. The average molecular weight is 370 g/mol. The summed E-state index contributed by atoms with van der Waals surface area (Å²) >= 11 is 10.2. The maximum atomic E-state index is 6.69. The van der Waals surface area contributed by atoms with E-state index in [2.05, 4.69) is 35.0 Å². The van der Waals surface area contributed by atoms with Gasteiger partial charge in [0.15, 0.2) is 11.5 Å². The Balaban J connectivity index is 2.49. The molecule has 0 aliphatic rings. The van der Waals surface area contributed by atoms with E-state index in [1.165, 1.54) is 5.56 Å². The highest BCUT2D eigenvalue weighted by Gasteiger charge is 2.17. The van der Waals surface area contributed by atoms with Crippen molar-refractivity contribution in [2.24, 2.45) is 0 Å². The zero-order chi connectivity index (χ0) is 15.6. The minimum Gasteiger partial charge on any atom is -0.493 e. The number of methoxy groups -OCH3 is 2. The number of hydrogen-bond donors (Lipinski definition) is 0. The highest BCUT2D eigenvalue weighted by Crippen LogP contribution is 2.38. The monoisotopic (exact) mass is 368 g/mol. The van der Waals surface area contributed by atoms with Gasteiger partial charge >= 0.3 is 0 Å². The molecule has 0 aromatic heterocycles. The molecule has 0 saturated heterocycles. The van der Waals surface area contributed by atoms with Crippen molar-refractivity contribution in [1.82, 2.24) is 0 Å². The number of halogens is 2. The van der Waals surface area contributed by atoms with E-state index in [9.17, 15) is 0 Å². The highest BCUT2D eigenvalue weighted by atomic mass is 79.9. The van der Waals surface area contributed by atoms with Crippen molar-refractivity contribution in [3.8, 4) is 11.5 Å². The molecule has 0 N–H and O–H groups in total. The molecule has 2 nitrogen and oxygen atoms in total. The van der Waals surface area contributed by atoms with Crippen molar-refractivity contribution >= 4 is 27.5 Å². The van der Waals surface area contributed by atoms with Crippen molar-refractivity contribution in [2.75, 3.05) is 14.2 Å². The highest BCUT2D eigenvalue weighted by molar-refractivity contribution is 9.10. The fourth-order valence-electron chi connectivity index (χ4n) is 2.36. The standard InChI is InChI=1S/C17H18BrClO2/c1-10-5-12(8-13(18)6-10)17(19)14-9-16(21-4)15(20-3)7-11(14)2/h5-9,17H,1-4H3. The molecule has 0 aliphatic heterocycles. The molecule has 0 heterocycles. The van der Waals surface area contributed by atoms with Gasteiger partial charge in [0.2, 0.25) is 0 Å². The molecule has 2 rings (SSSR count). The van der Waals surface area contributed by atoms with Crippen LogP contribution in [-0.4, -0.2) is 14.2 Å². The van der Waals surface area contributed by atoms with Crippen LogP contribution in [0.1, 0.15) is 27.6 Å². The van der Waals surface area contributed by atoms with Gasteiger partial charge in [-0.15, -0.1) is 11.6 Å². The van der Waals surface area contributed by atoms with Crippen LogP contribution in [0.2, 0.25) is 0 Å². The Bertz CT molecular complexity index is 635. The van der Waals surface area contributed by atoms with Crippen LogP contribution in [0.15, 0.2) is 34.8 Å². The van der Waals surface area contributed by atoms with Crippen molar-refractivity contribution in [2.45, 2.75) is 19.2 Å². The number of hydrogen-bond acceptors (Lipinski definition) is 2. The van der Waals surface area contributed by atoms with Gasteiger partial charge in [-0.2, -0.15) is 0 Å². The molecule has 1 unspecified atom stereocenters. The van der Waals surface area contributed by atoms with Crippen LogP contribution in [0.4, 0.5) is 0 Å². The largest absolute Gasteiger partial charge is 0.493 e. The SMILES string of the molecule is COc1cc(C)c(C(Cl)c2cc(C)cc(Br)c2)cc1OC. The minimum absolute atomic E-state index is 0.235. The molecule has 4 heteroatoms. The lowest BCUT2D eigenvalue weighted by atomic mass is 9.98. The third-order valence-corrected chi connectivity index (χ3v) is 4.35. The molecule has 0 fully saturated rings. The van der Waals surface area contributed by atoms with Gasteiger partial charge in [0.05, 0.1) is 19.6 Å². The van der Waals surface area contributed by atoms with E-state index in [0.29, 0.717) is 11.5 Å². The third-order valence-electron chi connectivity index (χ3n) is 3.40. The van der Waals surface area contributed by atoms with Crippen molar-refractivity contribution in [3.05, 3.63) is 57.1 Å². The Morgan fingerprint density at radius 3 is 2.14 bits per heavy atom. The van der Waals surface area contributed by atoms with Crippen molar-refractivity contribution in [1.29, 1.82) is 0 Å². The molecular formula is C17H18BrClO2. The van der Waals surface area contributed by atoms with Crippen LogP contribution < -0.4 is 9.47 Å². The van der Waals surface area contributed by atoms with Crippen LogP contribution >= 0.6 is 27.5 Å². The predicted molar refractivity (Wildman–Crippen MR) is 90.9 cm³/mol. The Morgan fingerprint density at radius 2 is 1.57 bits per heavy atom. The first-order chi connectivity index (χ1) is 9.96. The summed E-state index contributed by atoms with van der Waals surface area (Å²) < 4.78 is 11.7. The van der Waals surface area contributed by atoms with Gasteiger partial charge in [0.25, 0.3) is 0 Å². The van der Waals surface area contributed by atoms with Crippen molar-refractivity contribution < 1.29 is 9.47 Å². The molecule has 0 spiro atoms. The first-order valence-electron chi connectivity index (χ1n) is 6.60. The quantitative estimate of drug-likeness (QED) is 0.671. The summed E-state index contributed by atoms with van der Waals surface area (Å²) in [5, 5.41) is -0.235. The summed E-state index contributed by atoms with van der Waals surface area (Å²) in [5.74, 6) is 1.41. The van der Waals surface area contributed by atoms with Gasteiger partial charge in [-0.05, 0) is 60.4 Å². The van der Waals surface area contributed by atoms with Gasteiger partial charge in [-0.25, -0.2) is 0 Å². The summed E-state index contributed by atoms with van der Waals surface area (Å²) in [4.78, 5) is 0. The first kappa shape index (κ1) is 16.2. The Labute approximate surface area is 139 Å². The molecule has 2 aromatic carbocycles. The Hall–Kier alpha value is -1.19. The summed E-state index contributed by atoms with van der Waals surface area (Å²) in [6.07, 6.45) is 0. The van der Waals surface area contributed by atoms with Crippen LogP contribution in [0.5, 0.6) is 11.5 Å². The summed E-state index contributed by atoms with van der Waals surface area (Å²) in [7, 11) is 3.26. The third kappa shape index (κ3) is 3.53. The van der Waals surface area contributed by atoms with Gasteiger partial charge in [-0.1, -0.05) is 22.0 Å². The van der Waals surface area contributed by atoms with Gasteiger partial charge in [0.1, 0.15) is 0 Å². The van der Waals surface area contributed by atoms with Crippen molar-refractivity contribution in [3.63, 3.8) is 0 Å². The number of ether oxygens (including phenoxy) is 2.